The third-order valence-corrected chi connectivity index (χ3v) is 4.80. The minimum atomic E-state index is -2.42. The van der Waals surface area contributed by atoms with E-state index in [4.69, 9.17) is 39.5 Å². The Kier molecular flexibility index (Phi) is 7.18. The first-order chi connectivity index (χ1) is 15.1. The van der Waals surface area contributed by atoms with E-state index in [1.165, 1.54) is 0 Å². The molecule has 1 aromatic heterocycles. The zero-order chi connectivity index (χ0) is 23.5. The number of nitrogens with one attached hydrogen (secondary N) is 2. The number of hydrogen-bond acceptors (Lipinski definition) is 5. The standard InChI is InChI=1S/C21H15Cl3FN3O4/c1-2-32-18(29)14-10-26-16(13-9-5-7-11-6-3-4-8-12(11)13)15(25)17(14)27-20(31)28-19(30)21(22,23)24/h3-10H,2H2,1H3,(H2,26,27,28,30,31). The van der Waals surface area contributed by atoms with E-state index >= 15 is 4.39 Å². The Morgan fingerprint density at radius 2 is 1.78 bits per heavy atom. The number of fused-ring (bicyclic) bond motifs is 1. The van der Waals surface area contributed by atoms with Crippen LogP contribution in [0.15, 0.2) is 48.7 Å². The Hall–Kier alpha value is -2.94. The van der Waals surface area contributed by atoms with Crippen LogP contribution in [-0.2, 0) is 9.53 Å². The van der Waals surface area contributed by atoms with Crippen molar-refractivity contribution in [3.05, 3.63) is 60.0 Å². The van der Waals surface area contributed by atoms with Crippen LogP contribution >= 0.6 is 34.8 Å². The molecule has 0 aliphatic rings. The second kappa shape index (κ2) is 9.68. The smallest absolute Gasteiger partial charge is 0.341 e. The number of urea groups is 1. The van der Waals surface area contributed by atoms with Gasteiger partial charge in [0.1, 0.15) is 11.3 Å². The molecule has 3 amide bonds. The molecule has 7 nitrogen and oxygen atoms in total. The van der Waals surface area contributed by atoms with Crippen LogP contribution < -0.4 is 10.6 Å². The van der Waals surface area contributed by atoms with Gasteiger partial charge in [-0.15, -0.1) is 0 Å². The fourth-order valence-electron chi connectivity index (χ4n) is 2.91. The third-order valence-electron chi connectivity index (χ3n) is 4.28. The Morgan fingerprint density at radius 1 is 1.09 bits per heavy atom. The van der Waals surface area contributed by atoms with E-state index in [2.05, 4.69) is 10.3 Å². The molecule has 0 unspecified atom stereocenters. The van der Waals surface area contributed by atoms with Gasteiger partial charge in [0.2, 0.25) is 0 Å². The number of alkyl halides is 3. The SMILES string of the molecule is CCOC(=O)c1cnc(-c2cccc3ccccc23)c(F)c1NC(=O)NC(=O)C(Cl)(Cl)Cl. The van der Waals surface area contributed by atoms with Gasteiger partial charge in [-0.3, -0.25) is 15.1 Å². The molecule has 3 rings (SSSR count). The number of rotatable bonds is 4. The van der Waals surface area contributed by atoms with Crippen LogP contribution in [0.2, 0.25) is 0 Å². The Labute approximate surface area is 196 Å². The molecule has 1 heterocycles. The molecular formula is C21H15Cl3FN3O4. The van der Waals surface area contributed by atoms with Crippen LogP contribution in [0.1, 0.15) is 17.3 Å². The van der Waals surface area contributed by atoms with E-state index in [0.717, 1.165) is 11.6 Å². The number of halogens is 4. The van der Waals surface area contributed by atoms with Crippen molar-refractivity contribution in [3.63, 3.8) is 0 Å². The molecule has 3 aromatic rings. The number of imide groups is 1. The summed E-state index contributed by atoms with van der Waals surface area (Å²) in [6.45, 7) is 1.56. The summed E-state index contributed by atoms with van der Waals surface area (Å²) in [7, 11) is 0. The highest BCUT2D eigenvalue weighted by molar-refractivity contribution is 6.76. The molecular weight excluding hydrogens is 484 g/mol. The molecule has 0 radical (unpaired) electrons. The van der Waals surface area contributed by atoms with Crippen molar-refractivity contribution in [1.29, 1.82) is 0 Å². The number of carbonyl (C=O) groups is 3. The lowest BCUT2D eigenvalue weighted by atomic mass is 10.0. The lowest BCUT2D eigenvalue weighted by Gasteiger charge is -2.16. The molecule has 0 bridgehead atoms. The quantitative estimate of drug-likeness (QED) is 0.379. The maximum absolute atomic E-state index is 15.6. The van der Waals surface area contributed by atoms with Crippen molar-refractivity contribution in [2.45, 2.75) is 10.7 Å². The normalized spacial score (nSPS) is 11.2. The molecule has 2 aromatic carbocycles. The van der Waals surface area contributed by atoms with Crippen LogP contribution in [0.5, 0.6) is 0 Å². The van der Waals surface area contributed by atoms with Gasteiger partial charge in [0, 0.05) is 11.8 Å². The first kappa shape index (κ1) is 23.7. The minimum absolute atomic E-state index is 0.00289. The highest BCUT2D eigenvalue weighted by Gasteiger charge is 2.33. The second-order valence-electron chi connectivity index (χ2n) is 6.36. The van der Waals surface area contributed by atoms with Crippen LogP contribution in [0.25, 0.3) is 22.0 Å². The Balaban J connectivity index is 2.10. The number of carbonyl (C=O) groups excluding carboxylic acids is 3. The Bertz CT molecular complexity index is 1210. The zero-order valence-corrected chi connectivity index (χ0v) is 18.7. The van der Waals surface area contributed by atoms with Gasteiger partial charge in [-0.2, -0.15) is 0 Å². The zero-order valence-electron chi connectivity index (χ0n) is 16.4. The molecule has 0 aliphatic carbocycles. The van der Waals surface area contributed by atoms with Gasteiger partial charge in [-0.25, -0.2) is 14.0 Å². The fourth-order valence-corrected chi connectivity index (χ4v) is 3.05. The molecule has 0 spiro atoms. The van der Waals surface area contributed by atoms with Gasteiger partial charge in [-0.1, -0.05) is 77.3 Å². The molecule has 0 saturated heterocycles. The first-order valence-corrected chi connectivity index (χ1v) is 10.3. The van der Waals surface area contributed by atoms with E-state index in [1.54, 1.807) is 36.5 Å². The summed E-state index contributed by atoms with van der Waals surface area (Å²) in [4.78, 5) is 40.4. The van der Waals surface area contributed by atoms with Crippen molar-refractivity contribution in [3.8, 4) is 11.3 Å². The lowest BCUT2D eigenvalue weighted by Crippen LogP contribution is -2.41. The predicted molar refractivity (Wildman–Crippen MR) is 121 cm³/mol. The molecule has 0 fully saturated rings. The maximum Gasteiger partial charge on any atom is 0.341 e. The van der Waals surface area contributed by atoms with Gasteiger partial charge >= 0.3 is 12.0 Å². The van der Waals surface area contributed by atoms with Crippen molar-refractivity contribution in [2.24, 2.45) is 0 Å². The molecule has 0 atom stereocenters. The topological polar surface area (TPSA) is 97.4 Å². The second-order valence-corrected chi connectivity index (χ2v) is 8.64. The van der Waals surface area contributed by atoms with Gasteiger partial charge in [0.25, 0.3) is 9.70 Å². The maximum atomic E-state index is 15.6. The summed E-state index contributed by atoms with van der Waals surface area (Å²) in [5.41, 5.74) is -0.601. The molecule has 11 heteroatoms. The summed E-state index contributed by atoms with van der Waals surface area (Å²) >= 11 is 16.3. The van der Waals surface area contributed by atoms with E-state index in [-0.39, 0.29) is 17.9 Å². The van der Waals surface area contributed by atoms with E-state index in [0.29, 0.717) is 10.9 Å². The van der Waals surface area contributed by atoms with E-state index < -0.39 is 33.2 Å². The molecule has 0 aliphatic heterocycles. The van der Waals surface area contributed by atoms with E-state index in [9.17, 15) is 14.4 Å². The summed E-state index contributed by atoms with van der Waals surface area (Å²) in [6, 6.07) is 11.2. The predicted octanol–water partition coefficient (Wildman–Crippen LogP) is 5.24. The van der Waals surface area contributed by atoms with Gasteiger partial charge in [-0.05, 0) is 17.7 Å². The monoisotopic (exact) mass is 497 g/mol. The largest absolute Gasteiger partial charge is 0.462 e. The van der Waals surface area contributed by atoms with Crippen molar-refractivity contribution >= 4 is 69.2 Å². The fraction of sp³-hybridized carbons (Fsp3) is 0.143. The van der Waals surface area contributed by atoms with Crippen LogP contribution in [0, 0.1) is 5.82 Å². The summed E-state index contributed by atoms with van der Waals surface area (Å²) in [6.07, 6.45) is 1.07. The van der Waals surface area contributed by atoms with Crippen LogP contribution in [0.3, 0.4) is 0 Å². The average Bonchev–Trinajstić information content (AvgIpc) is 2.74. The number of ether oxygens (including phenoxy) is 1. The number of esters is 1. The van der Waals surface area contributed by atoms with Crippen molar-refractivity contribution < 1.29 is 23.5 Å². The summed E-state index contributed by atoms with van der Waals surface area (Å²) < 4.78 is 18.1. The minimum Gasteiger partial charge on any atom is -0.462 e. The van der Waals surface area contributed by atoms with Crippen molar-refractivity contribution in [1.82, 2.24) is 10.3 Å². The molecule has 0 saturated carbocycles. The molecule has 166 valence electrons. The highest BCUT2D eigenvalue weighted by Crippen LogP contribution is 2.33. The number of benzene rings is 2. The van der Waals surface area contributed by atoms with E-state index in [1.807, 2.05) is 18.2 Å². The van der Waals surface area contributed by atoms with Crippen molar-refractivity contribution in [2.75, 3.05) is 11.9 Å². The van der Waals surface area contributed by atoms with Gasteiger partial charge < -0.3 is 10.1 Å². The average molecular weight is 499 g/mol. The third kappa shape index (κ3) is 5.09. The Morgan fingerprint density at radius 3 is 2.47 bits per heavy atom. The first-order valence-electron chi connectivity index (χ1n) is 9.16. The number of nitrogens with zero attached hydrogens (tertiary/aromatic N) is 1. The number of anilines is 1. The lowest BCUT2D eigenvalue weighted by molar-refractivity contribution is -0.119. The summed E-state index contributed by atoms with van der Waals surface area (Å²) in [5.74, 6) is -3.20. The highest BCUT2D eigenvalue weighted by atomic mass is 35.6. The van der Waals surface area contributed by atoms with Crippen LogP contribution in [-0.4, -0.2) is 33.3 Å². The summed E-state index contributed by atoms with van der Waals surface area (Å²) in [5, 5.41) is 5.41. The van der Waals surface area contributed by atoms with Gasteiger partial charge in [0.15, 0.2) is 5.82 Å². The number of hydrogen-bond donors (Lipinski definition) is 2. The number of aromatic nitrogens is 1. The van der Waals surface area contributed by atoms with Gasteiger partial charge in [0.05, 0.1) is 12.3 Å². The molecule has 32 heavy (non-hydrogen) atoms. The molecule has 2 N–H and O–H groups in total. The van der Waals surface area contributed by atoms with Crippen LogP contribution in [0.4, 0.5) is 14.9 Å². The number of amides is 3. The number of pyridine rings is 1.